The average molecular weight is 378 g/mol. The number of nitrogens with zero attached hydrogens (tertiary/aromatic N) is 2. The summed E-state index contributed by atoms with van der Waals surface area (Å²) in [6.07, 6.45) is -1.12. The topological polar surface area (TPSA) is 71.9 Å². The van der Waals surface area contributed by atoms with E-state index < -0.39 is 6.43 Å². The molecule has 0 radical (unpaired) electrons. The van der Waals surface area contributed by atoms with Gasteiger partial charge in [-0.15, -0.1) is 0 Å². The minimum absolute atomic E-state index is 0.0576. The number of benzene rings is 1. The number of likely N-dealkylation sites (tertiary alicyclic amines) is 1. The Morgan fingerprint density at radius 3 is 2.78 bits per heavy atom. The average Bonchev–Trinajstić information content (AvgIpc) is 3.15. The van der Waals surface area contributed by atoms with Crippen LogP contribution in [0.1, 0.15) is 24.0 Å². The molecule has 0 spiro atoms. The number of ether oxygens (including phenoxy) is 2. The van der Waals surface area contributed by atoms with E-state index in [1.807, 2.05) is 0 Å². The first kappa shape index (κ1) is 19.0. The normalized spacial score (nSPS) is 16.6. The zero-order valence-electron chi connectivity index (χ0n) is 14.6. The number of amides is 1. The second-order valence-electron chi connectivity index (χ2n) is 6.16. The number of aliphatic hydroxyl groups excluding tert-OH is 1. The third-order valence-electron chi connectivity index (χ3n) is 4.28. The molecule has 1 aliphatic heterocycles. The molecule has 1 atom stereocenters. The van der Waals surface area contributed by atoms with Gasteiger partial charge in [-0.25, -0.2) is 13.8 Å². The molecule has 0 bridgehead atoms. The molecular weight excluding hydrogens is 358 g/mol. The van der Waals surface area contributed by atoms with Gasteiger partial charge in [-0.05, 0) is 29.8 Å². The van der Waals surface area contributed by atoms with Crippen LogP contribution in [0.2, 0.25) is 0 Å². The fourth-order valence-corrected chi connectivity index (χ4v) is 2.80. The number of aliphatic hydroxyl groups is 1. The minimum atomic E-state index is -2.67. The smallest absolute Gasteiger partial charge is 0.269 e. The van der Waals surface area contributed by atoms with Crippen molar-refractivity contribution < 1.29 is 28.2 Å². The van der Waals surface area contributed by atoms with Crippen LogP contribution in [-0.2, 0) is 11.4 Å². The molecule has 3 rings (SSSR count). The van der Waals surface area contributed by atoms with Gasteiger partial charge in [-0.3, -0.25) is 4.79 Å². The van der Waals surface area contributed by atoms with Crippen molar-refractivity contribution in [3.63, 3.8) is 0 Å². The molecule has 144 valence electrons. The van der Waals surface area contributed by atoms with E-state index in [0.29, 0.717) is 25.3 Å². The summed E-state index contributed by atoms with van der Waals surface area (Å²) in [4.78, 5) is 17.7. The Kier molecular flexibility index (Phi) is 6.18. The largest absolute Gasteiger partial charge is 0.484 e. The predicted molar refractivity (Wildman–Crippen MR) is 92.7 cm³/mol. The Balaban J connectivity index is 1.50. The van der Waals surface area contributed by atoms with Gasteiger partial charge in [0, 0.05) is 19.2 Å². The maximum atomic E-state index is 13.0. The van der Waals surface area contributed by atoms with Crippen LogP contribution in [0, 0.1) is 0 Å². The minimum Gasteiger partial charge on any atom is -0.484 e. The maximum absolute atomic E-state index is 13.0. The molecule has 1 aromatic heterocycles. The molecule has 1 amide bonds. The van der Waals surface area contributed by atoms with E-state index in [4.69, 9.17) is 14.6 Å². The number of rotatable bonds is 7. The van der Waals surface area contributed by atoms with Crippen molar-refractivity contribution in [1.29, 1.82) is 0 Å². The number of hydrogen-bond donors (Lipinski definition) is 1. The molecule has 1 N–H and O–H groups in total. The van der Waals surface area contributed by atoms with Crippen molar-refractivity contribution in [2.24, 2.45) is 0 Å². The molecule has 0 aliphatic carbocycles. The highest BCUT2D eigenvalue weighted by atomic mass is 19.3. The molecular formula is C19H20F2N2O4. The molecule has 0 saturated carbocycles. The standard InChI is InChI=1S/C19H20F2N2O4/c20-18(21)16-2-1-8-22-19(16)27-15-7-9-23(10-15)17(25)12-26-14-5-3-13(11-24)4-6-14/h1-6,8,15,18,24H,7,9-12H2. The fourth-order valence-electron chi connectivity index (χ4n) is 2.80. The first-order valence-corrected chi connectivity index (χ1v) is 8.57. The van der Waals surface area contributed by atoms with Crippen LogP contribution in [0.3, 0.4) is 0 Å². The van der Waals surface area contributed by atoms with Gasteiger partial charge in [0.1, 0.15) is 11.9 Å². The van der Waals surface area contributed by atoms with Crippen molar-refractivity contribution in [2.75, 3.05) is 19.7 Å². The van der Waals surface area contributed by atoms with Gasteiger partial charge < -0.3 is 19.5 Å². The van der Waals surface area contributed by atoms with Gasteiger partial charge in [-0.2, -0.15) is 0 Å². The molecule has 1 aliphatic rings. The zero-order valence-corrected chi connectivity index (χ0v) is 14.6. The molecule has 8 heteroatoms. The van der Waals surface area contributed by atoms with E-state index in [0.717, 1.165) is 5.56 Å². The third-order valence-corrected chi connectivity index (χ3v) is 4.28. The second kappa shape index (κ2) is 8.77. The molecule has 1 unspecified atom stereocenters. The van der Waals surface area contributed by atoms with Gasteiger partial charge in [0.2, 0.25) is 5.88 Å². The lowest BCUT2D eigenvalue weighted by atomic mass is 10.2. The summed E-state index contributed by atoms with van der Waals surface area (Å²) in [5.41, 5.74) is 0.503. The second-order valence-corrected chi connectivity index (χ2v) is 6.16. The monoisotopic (exact) mass is 378 g/mol. The van der Waals surface area contributed by atoms with E-state index >= 15 is 0 Å². The number of carbonyl (C=O) groups is 1. The van der Waals surface area contributed by atoms with Crippen molar-refractivity contribution in [3.05, 3.63) is 53.7 Å². The summed E-state index contributed by atoms with van der Waals surface area (Å²) in [7, 11) is 0. The first-order valence-electron chi connectivity index (χ1n) is 8.57. The van der Waals surface area contributed by atoms with E-state index in [9.17, 15) is 13.6 Å². The Morgan fingerprint density at radius 1 is 1.30 bits per heavy atom. The van der Waals surface area contributed by atoms with Crippen molar-refractivity contribution >= 4 is 5.91 Å². The Morgan fingerprint density at radius 2 is 2.07 bits per heavy atom. The Hall–Kier alpha value is -2.74. The van der Waals surface area contributed by atoms with Crippen LogP contribution >= 0.6 is 0 Å². The highest BCUT2D eigenvalue weighted by molar-refractivity contribution is 5.78. The van der Waals surface area contributed by atoms with E-state index in [1.165, 1.54) is 18.3 Å². The lowest BCUT2D eigenvalue weighted by molar-refractivity contribution is -0.132. The van der Waals surface area contributed by atoms with E-state index in [-0.39, 0.29) is 36.7 Å². The van der Waals surface area contributed by atoms with Gasteiger partial charge in [0.05, 0.1) is 18.7 Å². The van der Waals surface area contributed by atoms with E-state index in [2.05, 4.69) is 4.98 Å². The number of halogens is 2. The van der Waals surface area contributed by atoms with E-state index in [1.54, 1.807) is 29.2 Å². The maximum Gasteiger partial charge on any atom is 0.269 e. The van der Waals surface area contributed by atoms with Crippen LogP contribution < -0.4 is 9.47 Å². The quantitative estimate of drug-likeness (QED) is 0.802. The van der Waals surface area contributed by atoms with Crippen LogP contribution in [0.5, 0.6) is 11.6 Å². The number of hydrogen-bond acceptors (Lipinski definition) is 5. The summed E-state index contributed by atoms with van der Waals surface area (Å²) in [6.45, 7) is 0.576. The molecule has 1 fully saturated rings. The zero-order chi connectivity index (χ0) is 19.2. The van der Waals surface area contributed by atoms with Crippen LogP contribution in [0.4, 0.5) is 8.78 Å². The summed E-state index contributed by atoms with van der Waals surface area (Å²) < 4.78 is 37.0. The summed E-state index contributed by atoms with van der Waals surface area (Å²) in [6, 6.07) is 9.51. The van der Waals surface area contributed by atoms with Gasteiger partial charge in [0.25, 0.3) is 12.3 Å². The number of carbonyl (C=O) groups excluding carboxylic acids is 1. The highest BCUT2D eigenvalue weighted by Crippen LogP contribution is 2.28. The molecule has 2 aromatic rings. The third kappa shape index (κ3) is 4.91. The molecule has 27 heavy (non-hydrogen) atoms. The fraction of sp³-hybridized carbons (Fsp3) is 0.368. The Labute approximate surface area is 155 Å². The molecule has 2 heterocycles. The predicted octanol–water partition coefficient (Wildman–Crippen LogP) is 2.57. The van der Waals surface area contributed by atoms with Crippen LogP contribution in [0.25, 0.3) is 0 Å². The number of pyridine rings is 1. The van der Waals surface area contributed by atoms with Crippen LogP contribution in [0.15, 0.2) is 42.6 Å². The van der Waals surface area contributed by atoms with Crippen LogP contribution in [-0.4, -0.2) is 46.7 Å². The first-order chi connectivity index (χ1) is 13.1. The SMILES string of the molecule is O=C(COc1ccc(CO)cc1)N1CCC(Oc2ncccc2C(F)F)C1. The van der Waals surface area contributed by atoms with Crippen molar-refractivity contribution in [3.8, 4) is 11.6 Å². The van der Waals surface area contributed by atoms with Gasteiger partial charge >= 0.3 is 0 Å². The molecule has 1 aromatic carbocycles. The molecule has 6 nitrogen and oxygen atoms in total. The number of alkyl halides is 2. The summed E-state index contributed by atoms with van der Waals surface area (Å²) >= 11 is 0. The van der Waals surface area contributed by atoms with Gasteiger partial charge in [-0.1, -0.05) is 12.1 Å². The highest BCUT2D eigenvalue weighted by Gasteiger charge is 2.29. The van der Waals surface area contributed by atoms with Crippen molar-refractivity contribution in [2.45, 2.75) is 25.6 Å². The summed E-state index contributed by atoms with van der Waals surface area (Å²) in [5, 5.41) is 9.01. The lowest BCUT2D eigenvalue weighted by Crippen LogP contribution is -2.34. The summed E-state index contributed by atoms with van der Waals surface area (Å²) in [5.74, 6) is 0.233. The number of aromatic nitrogens is 1. The Bertz CT molecular complexity index is 771. The molecule has 1 saturated heterocycles. The van der Waals surface area contributed by atoms with Gasteiger partial charge in [0.15, 0.2) is 6.61 Å². The van der Waals surface area contributed by atoms with Crippen molar-refractivity contribution in [1.82, 2.24) is 9.88 Å². The lowest BCUT2D eigenvalue weighted by Gasteiger charge is -2.18.